The molecule has 1 saturated heterocycles. The highest BCUT2D eigenvalue weighted by Gasteiger charge is 2.66. The minimum absolute atomic E-state index is 0.0525. The molecule has 0 radical (unpaired) electrons. The number of thiocarbonyl (C=S) groups is 1. The molecule has 9 heteroatoms. The molecular formula is C35H23Cl2N3O3S. The summed E-state index contributed by atoms with van der Waals surface area (Å²) in [5, 5.41) is 11.2. The van der Waals surface area contributed by atoms with Gasteiger partial charge in [0.05, 0.1) is 0 Å². The van der Waals surface area contributed by atoms with E-state index in [1.165, 1.54) is 0 Å². The number of allylic oxidation sites excluding steroid dienone is 1. The summed E-state index contributed by atoms with van der Waals surface area (Å²) in [6.07, 6.45) is 1.96. The van der Waals surface area contributed by atoms with Crippen molar-refractivity contribution in [3.05, 3.63) is 147 Å². The summed E-state index contributed by atoms with van der Waals surface area (Å²) in [6, 6.07) is 33.5. The van der Waals surface area contributed by atoms with Crippen molar-refractivity contribution in [1.82, 2.24) is 15.8 Å². The lowest BCUT2D eigenvalue weighted by Gasteiger charge is -2.49. The lowest BCUT2D eigenvalue weighted by Crippen LogP contribution is -2.67. The van der Waals surface area contributed by atoms with Gasteiger partial charge in [-0.3, -0.25) is 9.59 Å². The fourth-order valence-electron chi connectivity index (χ4n) is 6.48. The van der Waals surface area contributed by atoms with E-state index in [0.29, 0.717) is 43.8 Å². The summed E-state index contributed by atoms with van der Waals surface area (Å²) >= 11 is 18.0. The van der Waals surface area contributed by atoms with Crippen LogP contribution in [0.5, 0.6) is 0 Å². The molecule has 2 amide bonds. The Labute approximate surface area is 268 Å². The van der Waals surface area contributed by atoms with Crippen molar-refractivity contribution in [3.63, 3.8) is 0 Å². The van der Waals surface area contributed by atoms with Crippen LogP contribution in [0.25, 0.3) is 23.0 Å². The molecule has 1 spiro atoms. The predicted molar refractivity (Wildman–Crippen MR) is 175 cm³/mol. The standard InChI is InChI=1S/C35H23Cl2N3O3S/c36-24-15-11-21(12-16-24)28-26(19-20-7-3-1-4-8-20)30-27(31(43-40-30)23-9-5-2-6-10-23)29(22-13-17-25(37)18-14-22)35(28)32(41)38-34(44)39-33(35)42/h1-19,28-29H,(H2,38,39,41,42,44)/b26-19-. The first-order valence-electron chi connectivity index (χ1n) is 13.9. The highest BCUT2D eigenvalue weighted by molar-refractivity contribution is 7.80. The van der Waals surface area contributed by atoms with E-state index in [2.05, 4.69) is 15.8 Å². The largest absolute Gasteiger partial charge is 0.355 e. The fraction of sp³-hybridized carbons (Fsp3) is 0.0857. The summed E-state index contributed by atoms with van der Waals surface area (Å²) in [5.41, 5.74) is 3.04. The van der Waals surface area contributed by atoms with Crippen molar-refractivity contribution >= 4 is 64.0 Å². The van der Waals surface area contributed by atoms with Gasteiger partial charge in [0.2, 0.25) is 11.8 Å². The van der Waals surface area contributed by atoms with Gasteiger partial charge >= 0.3 is 0 Å². The van der Waals surface area contributed by atoms with Gasteiger partial charge in [-0.05, 0) is 64.8 Å². The molecule has 1 aliphatic carbocycles. The third-order valence-electron chi connectivity index (χ3n) is 8.28. The number of amides is 2. The Balaban J connectivity index is 1.65. The Morgan fingerprint density at radius 2 is 1.25 bits per heavy atom. The number of rotatable bonds is 4. The Bertz CT molecular complexity index is 1920. The molecule has 0 bridgehead atoms. The van der Waals surface area contributed by atoms with Gasteiger partial charge in [0.15, 0.2) is 16.3 Å². The van der Waals surface area contributed by atoms with E-state index >= 15 is 0 Å². The van der Waals surface area contributed by atoms with Gasteiger partial charge in [-0.25, -0.2) is 0 Å². The van der Waals surface area contributed by atoms with Crippen LogP contribution in [-0.2, 0) is 9.59 Å². The maximum absolute atomic E-state index is 14.7. The molecule has 7 rings (SSSR count). The van der Waals surface area contributed by atoms with E-state index in [9.17, 15) is 9.59 Å². The second-order valence-electron chi connectivity index (χ2n) is 10.7. The van der Waals surface area contributed by atoms with Crippen LogP contribution in [-0.4, -0.2) is 22.1 Å². The van der Waals surface area contributed by atoms with Crippen molar-refractivity contribution in [2.75, 3.05) is 0 Å². The van der Waals surface area contributed by atoms with Crippen LogP contribution in [0.1, 0.15) is 39.8 Å². The van der Waals surface area contributed by atoms with Crippen molar-refractivity contribution in [3.8, 4) is 11.3 Å². The first kappa shape index (κ1) is 28.2. The number of hydrogen-bond acceptors (Lipinski definition) is 5. The monoisotopic (exact) mass is 635 g/mol. The van der Waals surface area contributed by atoms with E-state index < -0.39 is 29.1 Å². The molecule has 5 aromatic rings. The number of carbonyl (C=O) groups is 2. The predicted octanol–water partition coefficient (Wildman–Crippen LogP) is 7.64. The van der Waals surface area contributed by atoms with Gasteiger partial charge in [-0.1, -0.05) is 113 Å². The zero-order valence-electron chi connectivity index (χ0n) is 23.0. The smallest absolute Gasteiger partial charge is 0.243 e. The third-order valence-corrected chi connectivity index (χ3v) is 8.99. The fourth-order valence-corrected chi connectivity index (χ4v) is 6.92. The topological polar surface area (TPSA) is 84.2 Å². The number of hydrogen-bond donors (Lipinski definition) is 2. The third kappa shape index (κ3) is 4.56. The zero-order chi connectivity index (χ0) is 30.4. The van der Waals surface area contributed by atoms with Gasteiger partial charge in [-0.2, -0.15) is 0 Å². The van der Waals surface area contributed by atoms with Gasteiger partial charge < -0.3 is 15.2 Å². The summed E-state index contributed by atoms with van der Waals surface area (Å²) in [5.74, 6) is -2.29. The average molecular weight is 637 g/mol. The normalized spacial score (nSPS) is 19.9. The van der Waals surface area contributed by atoms with Crippen LogP contribution in [0, 0.1) is 5.41 Å². The summed E-state index contributed by atoms with van der Waals surface area (Å²) in [4.78, 5) is 29.4. The van der Waals surface area contributed by atoms with Crippen LogP contribution in [0.4, 0.5) is 0 Å². The summed E-state index contributed by atoms with van der Waals surface area (Å²) in [7, 11) is 0. The van der Waals surface area contributed by atoms with Crippen LogP contribution in [0.15, 0.2) is 114 Å². The van der Waals surface area contributed by atoms with Gasteiger partial charge in [-0.15, -0.1) is 0 Å². The molecule has 1 aromatic heterocycles. The molecule has 216 valence electrons. The van der Waals surface area contributed by atoms with Crippen LogP contribution in [0.2, 0.25) is 10.0 Å². The molecule has 2 aliphatic rings. The minimum atomic E-state index is -1.77. The van der Waals surface area contributed by atoms with E-state index in [1.54, 1.807) is 24.3 Å². The molecule has 44 heavy (non-hydrogen) atoms. The molecule has 6 nitrogen and oxygen atoms in total. The lowest BCUT2D eigenvalue weighted by atomic mass is 9.52. The van der Waals surface area contributed by atoms with E-state index in [0.717, 1.165) is 11.1 Å². The van der Waals surface area contributed by atoms with E-state index in [-0.39, 0.29) is 5.11 Å². The second-order valence-corrected chi connectivity index (χ2v) is 12.0. The Kier molecular flexibility index (Phi) is 7.17. The number of benzene rings is 4. The first-order chi connectivity index (χ1) is 21.4. The van der Waals surface area contributed by atoms with Crippen molar-refractivity contribution < 1.29 is 14.1 Å². The Morgan fingerprint density at radius 1 is 0.727 bits per heavy atom. The Morgan fingerprint density at radius 3 is 1.82 bits per heavy atom. The van der Waals surface area contributed by atoms with Gasteiger partial charge in [0.1, 0.15) is 5.69 Å². The molecule has 4 aromatic carbocycles. The average Bonchev–Trinajstić information content (AvgIpc) is 3.47. The minimum Gasteiger partial charge on any atom is -0.355 e. The number of fused-ring (bicyclic) bond motifs is 1. The van der Waals surface area contributed by atoms with Crippen LogP contribution < -0.4 is 10.6 Å². The maximum atomic E-state index is 14.7. The highest BCUT2D eigenvalue weighted by atomic mass is 35.5. The molecule has 1 fully saturated rings. The zero-order valence-corrected chi connectivity index (χ0v) is 25.3. The van der Waals surface area contributed by atoms with Crippen LogP contribution >= 0.6 is 35.4 Å². The SMILES string of the molecule is O=C1NC(=S)NC(=O)C12C(c1ccc(Cl)cc1)/C(=C/c1ccccc1)c1noc(-c3ccccc3)c1C2c1ccc(Cl)cc1. The molecule has 2 heterocycles. The molecule has 0 saturated carbocycles. The Hall–Kier alpha value is -4.56. The number of nitrogens with one attached hydrogen (secondary N) is 2. The highest BCUT2D eigenvalue weighted by Crippen LogP contribution is 2.63. The first-order valence-corrected chi connectivity index (χ1v) is 15.0. The lowest BCUT2D eigenvalue weighted by molar-refractivity contribution is -0.145. The summed E-state index contributed by atoms with van der Waals surface area (Å²) < 4.78 is 6.15. The molecule has 1 aliphatic heterocycles. The number of halogens is 2. The molecule has 2 atom stereocenters. The summed E-state index contributed by atoms with van der Waals surface area (Å²) in [6.45, 7) is 0. The molecule has 2 N–H and O–H groups in total. The van der Waals surface area contributed by atoms with Gasteiger partial charge in [0.25, 0.3) is 0 Å². The quantitative estimate of drug-likeness (QED) is 0.157. The number of aromatic nitrogens is 1. The van der Waals surface area contributed by atoms with Gasteiger partial charge in [0, 0.05) is 33.0 Å². The van der Waals surface area contributed by atoms with Crippen molar-refractivity contribution in [2.45, 2.75) is 11.8 Å². The second kappa shape index (κ2) is 11.2. The number of nitrogens with zero attached hydrogens (tertiary/aromatic N) is 1. The van der Waals surface area contributed by atoms with E-state index in [4.69, 9.17) is 39.9 Å². The van der Waals surface area contributed by atoms with Crippen molar-refractivity contribution in [2.24, 2.45) is 5.41 Å². The van der Waals surface area contributed by atoms with Crippen LogP contribution in [0.3, 0.4) is 0 Å². The molecule has 2 unspecified atom stereocenters. The number of carbonyl (C=O) groups excluding carboxylic acids is 2. The molecular weight excluding hydrogens is 613 g/mol. The van der Waals surface area contributed by atoms with E-state index in [1.807, 2.05) is 91.0 Å². The maximum Gasteiger partial charge on any atom is 0.243 e. The van der Waals surface area contributed by atoms with Crippen molar-refractivity contribution in [1.29, 1.82) is 0 Å².